The Hall–Kier alpha value is -2.34. The van der Waals surface area contributed by atoms with E-state index in [-0.39, 0.29) is 11.5 Å². The largest absolute Gasteiger partial charge is 0.494 e. The monoisotopic (exact) mass is 374 g/mol. The Labute approximate surface area is 161 Å². The van der Waals surface area contributed by atoms with E-state index in [1.807, 2.05) is 58.0 Å². The topological polar surface area (TPSA) is 73.6 Å². The van der Waals surface area contributed by atoms with Crippen LogP contribution in [0.3, 0.4) is 0 Å². The minimum atomic E-state index is -0.232. The Kier molecular flexibility index (Phi) is 7.85. The summed E-state index contributed by atoms with van der Waals surface area (Å²) < 4.78 is 16.5. The van der Waals surface area contributed by atoms with Gasteiger partial charge in [0.05, 0.1) is 18.8 Å². The molecule has 0 aliphatic carbocycles. The lowest BCUT2D eigenvalue weighted by Crippen LogP contribution is -2.22. The number of carbonyl (C=O) groups is 1. The van der Waals surface area contributed by atoms with Crippen LogP contribution < -0.4 is 10.1 Å². The molecule has 148 valence electrons. The van der Waals surface area contributed by atoms with E-state index in [0.717, 1.165) is 18.6 Å². The Morgan fingerprint density at radius 1 is 1.22 bits per heavy atom. The van der Waals surface area contributed by atoms with E-state index >= 15 is 0 Å². The first-order valence-corrected chi connectivity index (χ1v) is 9.36. The molecule has 1 N–H and O–H groups in total. The van der Waals surface area contributed by atoms with Crippen LogP contribution in [0.15, 0.2) is 34.9 Å². The van der Waals surface area contributed by atoms with Gasteiger partial charge in [-0.1, -0.05) is 17.3 Å². The van der Waals surface area contributed by atoms with Crippen molar-refractivity contribution in [2.24, 2.45) is 0 Å². The summed E-state index contributed by atoms with van der Waals surface area (Å²) in [4.78, 5) is 11.9. The van der Waals surface area contributed by atoms with E-state index in [4.69, 9.17) is 14.0 Å². The van der Waals surface area contributed by atoms with Gasteiger partial charge >= 0.3 is 0 Å². The molecule has 1 aromatic heterocycles. The summed E-state index contributed by atoms with van der Waals surface area (Å²) in [5.41, 5.74) is 1.64. The molecule has 6 heteroatoms. The summed E-state index contributed by atoms with van der Waals surface area (Å²) >= 11 is 0. The molecule has 1 aromatic carbocycles. The van der Waals surface area contributed by atoms with Crippen molar-refractivity contribution >= 4 is 5.91 Å². The predicted octanol–water partition coefficient (Wildman–Crippen LogP) is 4.16. The number of aryl methyl sites for hydroxylation is 1. The van der Waals surface area contributed by atoms with Gasteiger partial charge in [0.25, 0.3) is 0 Å². The molecule has 0 saturated heterocycles. The molecule has 0 saturated carbocycles. The fourth-order valence-electron chi connectivity index (χ4n) is 2.36. The van der Waals surface area contributed by atoms with Crippen molar-refractivity contribution in [1.82, 2.24) is 10.5 Å². The fourth-order valence-corrected chi connectivity index (χ4v) is 2.36. The maximum atomic E-state index is 11.9. The number of rotatable bonds is 10. The normalized spacial score (nSPS) is 11.4. The first-order chi connectivity index (χ1) is 12.8. The number of aromatic nitrogens is 1. The van der Waals surface area contributed by atoms with Crippen molar-refractivity contribution in [3.05, 3.63) is 47.3 Å². The summed E-state index contributed by atoms with van der Waals surface area (Å²) in [5, 5.41) is 6.81. The summed E-state index contributed by atoms with van der Waals surface area (Å²) in [6.07, 6.45) is 2.08. The molecule has 0 unspecified atom stereocenters. The van der Waals surface area contributed by atoms with Gasteiger partial charge in [0.2, 0.25) is 5.91 Å². The number of carbonyl (C=O) groups excluding carboxylic acids is 1. The van der Waals surface area contributed by atoms with Gasteiger partial charge in [-0.05, 0) is 58.2 Å². The van der Waals surface area contributed by atoms with Crippen LogP contribution in [0, 0.1) is 6.92 Å². The van der Waals surface area contributed by atoms with Crippen LogP contribution in [0.2, 0.25) is 0 Å². The Balaban J connectivity index is 1.57. The Morgan fingerprint density at radius 3 is 2.78 bits per heavy atom. The van der Waals surface area contributed by atoms with Gasteiger partial charge in [-0.3, -0.25) is 4.79 Å². The molecule has 1 amide bonds. The van der Waals surface area contributed by atoms with Gasteiger partial charge in [0.15, 0.2) is 5.76 Å². The van der Waals surface area contributed by atoms with Crippen molar-refractivity contribution in [3.8, 4) is 5.75 Å². The highest BCUT2D eigenvalue weighted by molar-refractivity contribution is 5.75. The number of ether oxygens (including phenoxy) is 2. The molecule has 0 aliphatic rings. The SMILES string of the molecule is Cc1cccc(OCCCCC(=O)NCc2cc(COC(C)(C)C)on2)c1. The summed E-state index contributed by atoms with van der Waals surface area (Å²) in [5.74, 6) is 1.53. The second-order valence-corrected chi connectivity index (χ2v) is 7.58. The first-order valence-electron chi connectivity index (χ1n) is 9.36. The zero-order valence-electron chi connectivity index (χ0n) is 16.7. The van der Waals surface area contributed by atoms with Crippen LogP contribution in [0.5, 0.6) is 5.75 Å². The van der Waals surface area contributed by atoms with Crippen LogP contribution in [-0.2, 0) is 22.7 Å². The van der Waals surface area contributed by atoms with Crippen molar-refractivity contribution in [3.63, 3.8) is 0 Å². The van der Waals surface area contributed by atoms with E-state index in [9.17, 15) is 4.79 Å². The van der Waals surface area contributed by atoms with Crippen LogP contribution in [-0.4, -0.2) is 23.3 Å². The predicted molar refractivity (Wildman–Crippen MR) is 103 cm³/mol. The van der Waals surface area contributed by atoms with E-state index in [2.05, 4.69) is 10.5 Å². The number of hydrogen-bond donors (Lipinski definition) is 1. The number of nitrogens with zero attached hydrogens (tertiary/aromatic N) is 1. The number of amides is 1. The van der Waals surface area contributed by atoms with Gasteiger partial charge in [-0.2, -0.15) is 0 Å². The molecular formula is C21H30N2O4. The molecule has 2 aromatic rings. The minimum absolute atomic E-state index is 0.000970. The molecule has 0 atom stereocenters. The van der Waals surface area contributed by atoms with Crippen molar-refractivity contribution in [2.75, 3.05) is 6.61 Å². The maximum Gasteiger partial charge on any atom is 0.220 e. The Bertz CT molecular complexity index is 719. The zero-order valence-corrected chi connectivity index (χ0v) is 16.7. The van der Waals surface area contributed by atoms with Gasteiger partial charge in [0, 0.05) is 12.5 Å². The molecule has 0 fully saturated rings. The molecule has 0 bridgehead atoms. The van der Waals surface area contributed by atoms with Gasteiger partial charge < -0.3 is 19.3 Å². The zero-order chi connectivity index (χ0) is 19.7. The van der Waals surface area contributed by atoms with Gasteiger partial charge in [0.1, 0.15) is 18.1 Å². The van der Waals surface area contributed by atoms with Crippen LogP contribution in [0.1, 0.15) is 57.1 Å². The summed E-state index contributed by atoms with van der Waals surface area (Å²) in [6, 6.07) is 9.76. The molecule has 0 radical (unpaired) electrons. The van der Waals surface area contributed by atoms with Crippen LogP contribution in [0.25, 0.3) is 0 Å². The molecule has 1 heterocycles. The van der Waals surface area contributed by atoms with Crippen molar-refractivity contribution in [2.45, 2.75) is 65.7 Å². The summed E-state index contributed by atoms with van der Waals surface area (Å²) in [7, 11) is 0. The number of benzene rings is 1. The molecular weight excluding hydrogens is 344 g/mol. The second-order valence-electron chi connectivity index (χ2n) is 7.58. The molecule has 27 heavy (non-hydrogen) atoms. The third-order valence-electron chi connectivity index (χ3n) is 3.78. The minimum Gasteiger partial charge on any atom is -0.494 e. The fraction of sp³-hybridized carbons (Fsp3) is 0.524. The third-order valence-corrected chi connectivity index (χ3v) is 3.78. The number of nitrogens with one attached hydrogen (secondary N) is 1. The highest BCUT2D eigenvalue weighted by Gasteiger charge is 2.13. The lowest BCUT2D eigenvalue weighted by Gasteiger charge is -2.17. The molecule has 0 spiro atoms. The third kappa shape index (κ3) is 8.73. The molecule has 2 rings (SSSR count). The van der Waals surface area contributed by atoms with Gasteiger partial charge in [-0.25, -0.2) is 0 Å². The van der Waals surface area contributed by atoms with Crippen LogP contribution >= 0.6 is 0 Å². The molecule has 6 nitrogen and oxygen atoms in total. The number of unbranched alkanes of at least 4 members (excludes halogenated alkanes) is 1. The smallest absolute Gasteiger partial charge is 0.220 e. The average Bonchev–Trinajstić information content (AvgIpc) is 3.05. The highest BCUT2D eigenvalue weighted by atomic mass is 16.5. The first kappa shape index (κ1) is 21.0. The van der Waals surface area contributed by atoms with Crippen molar-refractivity contribution in [1.29, 1.82) is 0 Å². The summed E-state index contributed by atoms with van der Waals surface area (Å²) in [6.45, 7) is 9.32. The second kappa shape index (κ2) is 10.1. The van der Waals surface area contributed by atoms with E-state index in [0.29, 0.717) is 37.6 Å². The average molecular weight is 374 g/mol. The van der Waals surface area contributed by atoms with E-state index in [1.54, 1.807) is 0 Å². The van der Waals surface area contributed by atoms with E-state index < -0.39 is 0 Å². The standard InChI is InChI=1S/C21H30N2O4/c1-16-8-7-9-18(12-16)25-11-6-5-10-20(24)22-14-17-13-19(27-23-17)15-26-21(2,3)4/h7-9,12-13H,5-6,10-11,14-15H2,1-4H3,(H,22,24). The highest BCUT2D eigenvalue weighted by Crippen LogP contribution is 2.14. The van der Waals surface area contributed by atoms with Crippen LogP contribution in [0.4, 0.5) is 0 Å². The van der Waals surface area contributed by atoms with Crippen molar-refractivity contribution < 1.29 is 18.8 Å². The number of hydrogen-bond acceptors (Lipinski definition) is 5. The van der Waals surface area contributed by atoms with Gasteiger partial charge in [-0.15, -0.1) is 0 Å². The van der Waals surface area contributed by atoms with E-state index in [1.165, 1.54) is 5.56 Å². The Morgan fingerprint density at radius 2 is 2.04 bits per heavy atom. The maximum absolute atomic E-state index is 11.9. The lowest BCUT2D eigenvalue weighted by atomic mass is 10.2. The lowest BCUT2D eigenvalue weighted by molar-refractivity contribution is -0.121. The quantitative estimate of drug-likeness (QED) is 0.632. The molecule has 0 aliphatic heterocycles.